The van der Waals surface area contributed by atoms with Crippen molar-refractivity contribution in [3.63, 3.8) is 0 Å². The molecule has 124 valence electrons. The molecule has 0 aromatic rings. The second-order valence-corrected chi connectivity index (χ2v) is 6.07. The molecule has 1 aliphatic heterocycles. The summed E-state index contributed by atoms with van der Waals surface area (Å²) in [6.07, 6.45) is 4.04. The molecule has 6 nitrogen and oxygen atoms in total. The van der Waals surface area contributed by atoms with Crippen molar-refractivity contribution in [2.24, 2.45) is 10.7 Å². The van der Waals surface area contributed by atoms with E-state index in [1.54, 1.807) is 0 Å². The van der Waals surface area contributed by atoms with Gasteiger partial charge in [-0.3, -0.25) is 4.99 Å². The second-order valence-electron chi connectivity index (χ2n) is 6.07. The normalized spacial score (nSPS) is 16.1. The highest BCUT2D eigenvalue weighted by Gasteiger charge is 2.15. The van der Waals surface area contributed by atoms with Crippen molar-refractivity contribution >= 4 is 36.0 Å². The summed E-state index contributed by atoms with van der Waals surface area (Å²) in [6, 6.07) is 0. The van der Waals surface area contributed by atoms with E-state index in [0.29, 0.717) is 19.0 Å². The van der Waals surface area contributed by atoms with E-state index in [9.17, 15) is 4.79 Å². The SMILES string of the molecule is CC(C)(C)OC(=O)NCCCN=C(N)N1CCCCC1.I. The number of hydrogen-bond donors (Lipinski definition) is 2. The largest absolute Gasteiger partial charge is 0.444 e. The molecular formula is C14H29IN4O2. The molecule has 0 aliphatic carbocycles. The number of rotatable bonds is 4. The van der Waals surface area contributed by atoms with Crippen LogP contribution in [-0.2, 0) is 4.74 Å². The number of hydrogen-bond acceptors (Lipinski definition) is 3. The van der Waals surface area contributed by atoms with Crippen LogP contribution in [0.1, 0.15) is 46.5 Å². The van der Waals surface area contributed by atoms with Gasteiger partial charge in [0.1, 0.15) is 5.60 Å². The quantitative estimate of drug-likeness (QED) is 0.322. The zero-order valence-electron chi connectivity index (χ0n) is 13.4. The molecule has 0 spiro atoms. The molecule has 1 amide bonds. The van der Waals surface area contributed by atoms with Gasteiger partial charge in [0.15, 0.2) is 5.96 Å². The number of nitrogens with two attached hydrogens (primary N) is 1. The Labute approximate surface area is 144 Å². The van der Waals surface area contributed by atoms with Crippen molar-refractivity contribution < 1.29 is 9.53 Å². The zero-order chi connectivity index (χ0) is 15.0. The Morgan fingerprint density at radius 1 is 1.29 bits per heavy atom. The lowest BCUT2D eigenvalue weighted by atomic mass is 10.1. The number of amides is 1. The van der Waals surface area contributed by atoms with E-state index in [0.717, 1.165) is 19.5 Å². The summed E-state index contributed by atoms with van der Waals surface area (Å²) in [7, 11) is 0. The average Bonchev–Trinajstić information content (AvgIpc) is 2.37. The number of carbonyl (C=O) groups excluding carboxylic acids is 1. The summed E-state index contributed by atoms with van der Waals surface area (Å²) >= 11 is 0. The number of nitrogens with zero attached hydrogens (tertiary/aromatic N) is 2. The standard InChI is InChI=1S/C14H28N4O2.HI/c1-14(2,3)20-13(19)17-9-7-8-16-12(15)18-10-5-4-6-11-18;/h4-11H2,1-3H3,(H2,15,16)(H,17,19);1H. The highest BCUT2D eigenvalue weighted by Crippen LogP contribution is 2.08. The molecule has 3 N–H and O–H groups in total. The smallest absolute Gasteiger partial charge is 0.407 e. The van der Waals surface area contributed by atoms with Crippen molar-refractivity contribution in [3.05, 3.63) is 0 Å². The van der Waals surface area contributed by atoms with Crippen LogP contribution < -0.4 is 11.1 Å². The molecule has 1 heterocycles. The lowest BCUT2D eigenvalue weighted by molar-refractivity contribution is 0.0527. The van der Waals surface area contributed by atoms with Crippen LogP contribution in [0.3, 0.4) is 0 Å². The predicted octanol–water partition coefficient (Wildman–Crippen LogP) is 2.32. The molecule has 0 unspecified atom stereocenters. The fourth-order valence-electron chi connectivity index (χ4n) is 2.00. The molecular weight excluding hydrogens is 383 g/mol. The van der Waals surface area contributed by atoms with E-state index >= 15 is 0 Å². The third-order valence-corrected chi connectivity index (χ3v) is 2.96. The zero-order valence-corrected chi connectivity index (χ0v) is 15.7. The fourth-order valence-corrected chi connectivity index (χ4v) is 2.00. The number of halogens is 1. The minimum Gasteiger partial charge on any atom is -0.444 e. The van der Waals surface area contributed by atoms with Gasteiger partial charge in [0.2, 0.25) is 0 Å². The molecule has 7 heteroatoms. The van der Waals surface area contributed by atoms with Gasteiger partial charge in [0, 0.05) is 26.2 Å². The third kappa shape index (κ3) is 9.76. The molecule has 0 bridgehead atoms. The number of piperidine rings is 1. The average molecular weight is 412 g/mol. The van der Waals surface area contributed by atoms with Gasteiger partial charge in [-0.1, -0.05) is 0 Å². The van der Waals surface area contributed by atoms with Gasteiger partial charge in [0.05, 0.1) is 0 Å². The van der Waals surface area contributed by atoms with Crippen LogP contribution in [0.5, 0.6) is 0 Å². The molecule has 0 radical (unpaired) electrons. The van der Waals surface area contributed by atoms with Gasteiger partial charge >= 0.3 is 6.09 Å². The highest BCUT2D eigenvalue weighted by molar-refractivity contribution is 14.0. The third-order valence-electron chi connectivity index (χ3n) is 2.96. The van der Waals surface area contributed by atoms with Gasteiger partial charge in [-0.15, -0.1) is 24.0 Å². The number of carbonyl (C=O) groups is 1. The van der Waals surface area contributed by atoms with Gasteiger partial charge in [-0.05, 0) is 46.5 Å². The van der Waals surface area contributed by atoms with Crippen LogP contribution in [0.4, 0.5) is 4.79 Å². The number of nitrogens with one attached hydrogen (secondary N) is 1. The Bertz CT molecular complexity index is 336. The summed E-state index contributed by atoms with van der Waals surface area (Å²) in [5.74, 6) is 0.627. The van der Waals surface area contributed by atoms with Crippen molar-refractivity contribution in [2.45, 2.75) is 52.1 Å². The lowest BCUT2D eigenvalue weighted by Crippen LogP contribution is -2.41. The van der Waals surface area contributed by atoms with E-state index in [2.05, 4.69) is 15.2 Å². The molecule has 0 saturated carbocycles. The van der Waals surface area contributed by atoms with E-state index < -0.39 is 5.60 Å². The van der Waals surface area contributed by atoms with Crippen LogP contribution >= 0.6 is 24.0 Å². The Morgan fingerprint density at radius 2 is 1.90 bits per heavy atom. The first-order valence-corrected chi connectivity index (χ1v) is 7.40. The maximum atomic E-state index is 11.4. The van der Waals surface area contributed by atoms with Crippen molar-refractivity contribution in [3.8, 4) is 0 Å². The topological polar surface area (TPSA) is 79.9 Å². The van der Waals surface area contributed by atoms with Gasteiger partial charge in [-0.2, -0.15) is 0 Å². The minimum absolute atomic E-state index is 0. The van der Waals surface area contributed by atoms with Crippen LogP contribution in [0.15, 0.2) is 4.99 Å². The Hall–Kier alpha value is -0.730. The van der Waals surface area contributed by atoms with Crippen LogP contribution in [0, 0.1) is 0 Å². The van der Waals surface area contributed by atoms with Crippen molar-refractivity contribution in [1.29, 1.82) is 0 Å². The fraction of sp³-hybridized carbons (Fsp3) is 0.857. The summed E-state index contributed by atoms with van der Waals surface area (Å²) in [6.45, 7) is 8.71. The van der Waals surface area contributed by atoms with Crippen LogP contribution in [0.25, 0.3) is 0 Å². The van der Waals surface area contributed by atoms with Gasteiger partial charge in [-0.25, -0.2) is 4.79 Å². The number of likely N-dealkylation sites (tertiary alicyclic amines) is 1. The van der Waals surface area contributed by atoms with Crippen LogP contribution in [0.2, 0.25) is 0 Å². The Morgan fingerprint density at radius 3 is 2.48 bits per heavy atom. The molecule has 0 atom stereocenters. The van der Waals surface area contributed by atoms with Crippen LogP contribution in [-0.4, -0.2) is 48.7 Å². The first-order valence-electron chi connectivity index (χ1n) is 7.40. The van der Waals surface area contributed by atoms with E-state index in [1.807, 2.05) is 20.8 Å². The maximum Gasteiger partial charge on any atom is 0.407 e. The van der Waals surface area contributed by atoms with E-state index in [4.69, 9.17) is 10.5 Å². The lowest BCUT2D eigenvalue weighted by Gasteiger charge is -2.27. The number of aliphatic imine (C=N–C) groups is 1. The second kappa shape index (κ2) is 10.1. The molecule has 0 aromatic heterocycles. The molecule has 21 heavy (non-hydrogen) atoms. The Kier molecular flexibility index (Phi) is 9.72. The molecule has 1 fully saturated rings. The van der Waals surface area contributed by atoms with Gasteiger partial charge in [0.25, 0.3) is 0 Å². The van der Waals surface area contributed by atoms with Gasteiger partial charge < -0.3 is 20.7 Å². The summed E-state index contributed by atoms with van der Waals surface area (Å²) < 4.78 is 5.14. The summed E-state index contributed by atoms with van der Waals surface area (Å²) in [4.78, 5) is 17.9. The first kappa shape index (κ1) is 20.3. The Balaban J connectivity index is 0.00000400. The van der Waals surface area contributed by atoms with Crippen molar-refractivity contribution in [1.82, 2.24) is 10.2 Å². The first-order chi connectivity index (χ1) is 9.38. The predicted molar refractivity (Wildman–Crippen MR) is 96.2 cm³/mol. The number of guanidine groups is 1. The minimum atomic E-state index is -0.457. The van der Waals surface area contributed by atoms with E-state index in [1.165, 1.54) is 19.3 Å². The number of alkyl carbamates (subject to hydrolysis) is 1. The summed E-state index contributed by atoms with van der Waals surface area (Å²) in [5.41, 5.74) is 5.48. The molecule has 1 saturated heterocycles. The van der Waals surface area contributed by atoms with Crippen molar-refractivity contribution in [2.75, 3.05) is 26.2 Å². The van der Waals surface area contributed by atoms with E-state index in [-0.39, 0.29) is 30.1 Å². The maximum absolute atomic E-state index is 11.4. The number of ether oxygens (including phenoxy) is 1. The molecule has 1 rings (SSSR count). The highest BCUT2D eigenvalue weighted by atomic mass is 127. The monoisotopic (exact) mass is 412 g/mol. The molecule has 0 aromatic carbocycles. The summed E-state index contributed by atoms with van der Waals surface area (Å²) in [5, 5.41) is 2.71. The molecule has 1 aliphatic rings.